The highest BCUT2D eigenvalue weighted by atomic mass is 15.2. The fourth-order valence-electron chi connectivity index (χ4n) is 8.78. The van der Waals surface area contributed by atoms with Crippen LogP contribution >= 0.6 is 0 Å². The molecular weight excluding hydrogens is 629 g/mol. The van der Waals surface area contributed by atoms with E-state index in [-0.39, 0.29) is 6.04 Å². The first-order valence-corrected chi connectivity index (χ1v) is 19.2. The highest BCUT2D eigenvalue weighted by Gasteiger charge is 2.30. The molecule has 2 heteroatoms. The van der Waals surface area contributed by atoms with Gasteiger partial charge in [-0.15, -0.1) is 0 Å². The highest BCUT2D eigenvalue weighted by molar-refractivity contribution is 6.07. The molecule has 0 spiro atoms. The lowest BCUT2D eigenvalue weighted by molar-refractivity contribution is 0.509. The second-order valence-corrected chi connectivity index (χ2v) is 14.6. The molecule has 4 atom stereocenters. The third-order valence-electron chi connectivity index (χ3n) is 11.3. The normalized spacial score (nSPS) is 22.8. The Morgan fingerprint density at radius 2 is 1.25 bits per heavy atom. The molecule has 52 heavy (non-hydrogen) atoms. The zero-order chi connectivity index (χ0) is 34.7. The van der Waals surface area contributed by atoms with Crippen molar-refractivity contribution in [3.63, 3.8) is 0 Å². The Morgan fingerprint density at radius 3 is 1.90 bits per heavy atom. The van der Waals surface area contributed by atoms with E-state index in [9.17, 15) is 0 Å². The van der Waals surface area contributed by atoms with Crippen LogP contribution in [0.2, 0.25) is 0 Å². The van der Waals surface area contributed by atoms with E-state index in [0.29, 0.717) is 17.8 Å². The number of allylic oxidation sites excluding steroid dienone is 13. The minimum atomic E-state index is 0.217. The van der Waals surface area contributed by atoms with E-state index in [1.54, 1.807) is 0 Å². The van der Waals surface area contributed by atoms with Gasteiger partial charge >= 0.3 is 0 Å². The van der Waals surface area contributed by atoms with Gasteiger partial charge in [0.25, 0.3) is 0 Å². The van der Waals surface area contributed by atoms with Gasteiger partial charge in [0.05, 0.1) is 17.4 Å². The molecule has 0 N–H and O–H groups in total. The van der Waals surface area contributed by atoms with E-state index in [1.807, 2.05) is 0 Å². The average molecular weight is 675 g/mol. The standard InChI is InChI=1S/C50H46N2/c1-7-19-37(20-8-1)39-31-33-45-47(35-39)49(51(41-23-11-3-12-24-41)42-25-13-4-14-26-42)46-34-32-40(38-21-9-2-10-22-38)36-48(46)50(45)52(43-27-15-5-16-28-43)44-29-17-6-18-30-44/h1-5,7-17,19,21,23-27,29-31,33-38,40,43H,6,18,20,22,28,32H2. The highest BCUT2D eigenvalue weighted by Crippen LogP contribution is 2.42. The Bertz CT molecular complexity index is 2290. The van der Waals surface area contributed by atoms with Crippen LogP contribution in [0.5, 0.6) is 0 Å². The van der Waals surface area contributed by atoms with Gasteiger partial charge in [0.1, 0.15) is 0 Å². The van der Waals surface area contributed by atoms with Crippen molar-refractivity contribution in [2.24, 2.45) is 11.8 Å². The molecule has 256 valence electrons. The molecular formula is C50H46N2. The zero-order valence-corrected chi connectivity index (χ0v) is 29.8. The molecule has 4 aromatic carbocycles. The van der Waals surface area contributed by atoms with Crippen molar-refractivity contribution in [1.29, 1.82) is 0 Å². The summed E-state index contributed by atoms with van der Waals surface area (Å²) in [4.78, 5) is 5.20. The van der Waals surface area contributed by atoms with E-state index in [4.69, 9.17) is 0 Å². The molecule has 0 amide bonds. The first-order valence-electron chi connectivity index (χ1n) is 19.2. The fourth-order valence-corrected chi connectivity index (χ4v) is 8.78. The smallest absolute Gasteiger partial charge is 0.0616 e. The average Bonchev–Trinajstić information content (AvgIpc) is 3.23. The molecule has 2 nitrogen and oxygen atoms in total. The summed E-state index contributed by atoms with van der Waals surface area (Å²) in [6.45, 7) is 0. The number of fused-ring (bicyclic) bond motifs is 2. The molecule has 0 saturated carbocycles. The summed E-state index contributed by atoms with van der Waals surface area (Å²) < 4.78 is 0. The molecule has 5 aliphatic rings. The molecule has 4 unspecified atom stereocenters. The second-order valence-electron chi connectivity index (χ2n) is 14.6. The third-order valence-corrected chi connectivity index (χ3v) is 11.3. The van der Waals surface area contributed by atoms with E-state index >= 15 is 0 Å². The van der Waals surface area contributed by atoms with E-state index in [2.05, 4.69) is 192 Å². The van der Waals surface area contributed by atoms with Gasteiger partial charge < -0.3 is 9.80 Å². The van der Waals surface area contributed by atoms with Crippen LogP contribution in [0.15, 0.2) is 176 Å². The lowest BCUT2D eigenvalue weighted by atomic mass is 9.80. The van der Waals surface area contributed by atoms with E-state index < -0.39 is 0 Å². The summed E-state index contributed by atoms with van der Waals surface area (Å²) in [5.74, 6) is 1.24. The number of hydrogen-bond donors (Lipinski definition) is 0. The molecule has 4 aromatic rings. The molecule has 0 aromatic heterocycles. The summed E-state index contributed by atoms with van der Waals surface area (Å²) in [6.07, 6.45) is 46.1. The van der Waals surface area contributed by atoms with Crippen molar-refractivity contribution in [3.05, 3.63) is 192 Å². The number of rotatable bonds is 8. The summed E-state index contributed by atoms with van der Waals surface area (Å²) >= 11 is 0. The van der Waals surface area contributed by atoms with Crippen molar-refractivity contribution >= 4 is 45.7 Å². The van der Waals surface area contributed by atoms with Crippen molar-refractivity contribution in [1.82, 2.24) is 0 Å². The van der Waals surface area contributed by atoms with Gasteiger partial charge in [-0.25, -0.2) is 0 Å². The second kappa shape index (κ2) is 14.6. The molecule has 0 aliphatic heterocycles. The van der Waals surface area contributed by atoms with Gasteiger partial charge in [-0.05, 0) is 92.3 Å². The van der Waals surface area contributed by atoms with Crippen LogP contribution < -0.4 is 20.2 Å². The van der Waals surface area contributed by atoms with Crippen LogP contribution in [0.1, 0.15) is 50.0 Å². The lowest BCUT2D eigenvalue weighted by Gasteiger charge is -2.38. The maximum atomic E-state index is 2.68. The fraction of sp³-hybridized carbons (Fsp3) is 0.200. The zero-order valence-electron chi connectivity index (χ0n) is 29.8. The molecule has 0 radical (unpaired) electrons. The third kappa shape index (κ3) is 6.17. The summed E-state index contributed by atoms with van der Waals surface area (Å²) in [7, 11) is 0. The Labute approximate surface area is 308 Å². The first-order chi connectivity index (χ1) is 25.8. The van der Waals surface area contributed by atoms with Crippen LogP contribution in [0.25, 0.3) is 22.9 Å². The van der Waals surface area contributed by atoms with E-state index in [1.165, 1.54) is 55.2 Å². The molecule has 0 bridgehead atoms. The maximum absolute atomic E-state index is 2.68. The van der Waals surface area contributed by atoms with Gasteiger partial charge in [0.15, 0.2) is 0 Å². The minimum Gasteiger partial charge on any atom is -0.333 e. The topological polar surface area (TPSA) is 6.48 Å². The minimum absolute atomic E-state index is 0.217. The molecule has 5 aliphatic carbocycles. The number of benzene rings is 4. The van der Waals surface area contributed by atoms with Crippen LogP contribution in [0.3, 0.4) is 0 Å². The first kappa shape index (κ1) is 32.3. The Hall–Kier alpha value is -5.60. The molecule has 0 heterocycles. The number of para-hydroxylation sites is 2. The monoisotopic (exact) mass is 674 g/mol. The van der Waals surface area contributed by atoms with Crippen molar-refractivity contribution in [2.45, 2.75) is 50.5 Å². The Balaban J connectivity index is 1.41. The predicted molar refractivity (Wildman–Crippen MR) is 223 cm³/mol. The van der Waals surface area contributed by atoms with Crippen LogP contribution in [-0.2, 0) is 0 Å². The van der Waals surface area contributed by atoms with Crippen molar-refractivity contribution in [2.75, 3.05) is 9.80 Å². The van der Waals surface area contributed by atoms with Gasteiger partial charge in [-0.1, -0.05) is 146 Å². The van der Waals surface area contributed by atoms with Gasteiger partial charge in [0, 0.05) is 44.2 Å². The van der Waals surface area contributed by atoms with Crippen molar-refractivity contribution in [3.8, 4) is 0 Å². The predicted octanol–water partition coefficient (Wildman–Crippen LogP) is 11.5. The summed E-state index contributed by atoms with van der Waals surface area (Å²) in [5.41, 5.74) is 7.60. The molecule has 0 saturated heterocycles. The SMILES string of the molecule is C1=CCC(c2ccc3c(N(C4=CCCC=C4)C4C=CC=CC4)c4c(c(N(c5ccccc5)c5ccccc5)c3c2)=CCC(C2C=CC=CC2)C=4)C=C1. The van der Waals surface area contributed by atoms with Gasteiger partial charge in [-0.3, -0.25) is 0 Å². The number of hydrogen-bond acceptors (Lipinski definition) is 2. The quantitative estimate of drug-likeness (QED) is 0.172. The molecule has 9 rings (SSSR count). The Kier molecular flexibility index (Phi) is 9.05. The van der Waals surface area contributed by atoms with Crippen LogP contribution in [0, 0.1) is 11.8 Å². The number of anilines is 4. The lowest BCUT2D eigenvalue weighted by Crippen LogP contribution is -2.43. The van der Waals surface area contributed by atoms with Crippen LogP contribution in [0.4, 0.5) is 22.7 Å². The Morgan fingerprint density at radius 1 is 0.519 bits per heavy atom. The molecule has 0 fully saturated rings. The largest absolute Gasteiger partial charge is 0.333 e. The number of nitrogens with zero attached hydrogens (tertiary/aromatic N) is 2. The van der Waals surface area contributed by atoms with Crippen molar-refractivity contribution < 1.29 is 0 Å². The summed E-state index contributed by atoms with van der Waals surface area (Å²) in [6, 6.07) is 29.5. The van der Waals surface area contributed by atoms with Gasteiger partial charge in [0.2, 0.25) is 0 Å². The maximum Gasteiger partial charge on any atom is 0.0616 e. The van der Waals surface area contributed by atoms with E-state index in [0.717, 1.165) is 38.5 Å². The van der Waals surface area contributed by atoms with Gasteiger partial charge in [-0.2, -0.15) is 0 Å². The van der Waals surface area contributed by atoms with Crippen LogP contribution in [-0.4, -0.2) is 6.04 Å². The summed E-state index contributed by atoms with van der Waals surface area (Å²) in [5, 5.41) is 5.29.